The molecule has 0 spiro atoms. The van der Waals surface area contributed by atoms with Gasteiger partial charge in [0.05, 0.1) is 26.4 Å². The molecule has 0 aromatic heterocycles. The topological polar surface area (TPSA) is 71.0 Å². The maximum atomic E-state index is 13.1. The van der Waals surface area contributed by atoms with Gasteiger partial charge in [-0.15, -0.1) is 0 Å². The Balaban J connectivity index is 1.65. The lowest BCUT2D eigenvalue weighted by Gasteiger charge is -2.52. The highest BCUT2D eigenvalue weighted by Gasteiger charge is 2.50. The number of amides is 1. The molecule has 4 rings (SSSR count). The number of likely N-dealkylation sites (tertiary alicyclic amines) is 1. The van der Waals surface area contributed by atoms with E-state index in [-0.39, 0.29) is 24.4 Å². The Bertz CT molecular complexity index is 1010. The summed E-state index contributed by atoms with van der Waals surface area (Å²) in [6.45, 7) is 4.96. The Hall–Kier alpha value is -2.57. The van der Waals surface area contributed by atoms with Gasteiger partial charge in [0.1, 0.15) is 11.5 Å². The van der Waals surface area contributed by atoms with Gasteiger partial charge < -0.3 is 19.9 Å². The highest BCUT2D eigenvalue weighted by atomic mass is 16.5. The smallest absolute Gasteiger partial charge is 0.238 e. The molecule has 1 aliphatic carbocycles. The summed E-state index contributed by atoms with van der Waals surface area (Å²) in [5.74, 6) is 1.50. The van der Waals surface area contributed by atoms with Crippen molar-refractivity contribution in [1.82, 2.24) is 4.90 Å². The van der Waals surface area contributed by atoms with Gasteiger partial charge in [-0.2, -0.15) is 0 Å². The zero-order valence-corrected chi connectivity index (χ0v) is 20.2. The SMILES string of the molecule is COc1ccc(OC)c([C@H]2[C@H]3CCCC[C@]3(O)CCN2CC(=O)Nc2ccc(C)cc2C)c1. The van der Waals surface area contributed by atoms with E-state index >= 15 is 0 Å². The number of ether oxygens (including phenoxy) is 2. The molecule has 0 unspecified atom stereocenters. The zero-order valence-electron chi connectivity index (χ0n) is 20.2. The van der Waals surface area contributed by atoms with E-state index in [1.807, 2.05) is 44.2 Å². The van der Waals surface area contributed by atoms with E-state index in [1.165, 1.54) is 5.56 Å². The van der Waals surface area contributed by atoms with Crippen LogP contribution in [0.1, 0.15) is 54.8 Å². The van der Waals surface area contributed by atoms with Crippen molar-refractivity contribution >= 4 is 11.6 Å². The molecule has 2 fully saturated rings. The number of fused-ring (bicyclic) bond motifs is 1. The van der Waals surface area contributed by atoms with Crippen molar-refractivity contribution in [2.45, 2.75) is 57.6 Å². The molecule has 1 aliphatic heterocycles. The van der Waals surface area contributed by atoms with Crippen LogP contribution in [-0.2, 0) is 4.79 Å². The number of aryl methyl sites for hydroxylation is 2. The van der Waals surface area contributed by atoms with Crippen molar-refractivity contribution in [1.29, 1.82) is 0 Å². The van der Waals surface area contributed by atoms with Crippen molar-refractivity contribution in [3.8, 4) is 11.5 Å². The Morgan fingerprint density at radius 3 is 2.67 bits per heavy atom. The normalized spacial score (nSPS) is 25.2. The molecule has 6 nitrogen and oxygen atoms in total. The molecule has 1 amide bonds. The summed E-state index contributed by atoms with van der Waals surface area (Å²) >= 11 is 0. The second-order valence-electron chi connectivity index (χ2n) is 9.60. The standard InChI is InChI=1S/C27H36N2O4/c1-18-8-10-23(19(2)15-18)28-25(30)17-29-14-13-27(31)12-6-5-7-22(27)26(29)21-16-20(32-3)9-11-24(21)33-4/h8-11,15-16,22,26,31H,5-7,12-14,17H2,1-4H3,(H,28,30)/t22-,26+,27+/m1/s1. The van der Waals surface area contributed by atoms with Gasteiger partial charge in [-0.25, -0.2) is 0 Å². The lowest BCUT2D eigenvalue weighted by Crippen LogP contribution is -2.56. The molecule has 1 saturated heterocycles. The number of nitrogens with one attached hydrogen (secondary N) is 1. The number of carbonyl (C=O) groups excluding carboxylic acids is 1. The monoisotopic (exact) mass is 452 g/mol. The number of nitrogens with zero attached hydrogens (tertiary/aromatic N) is 1. The van der Waals surface area contributed by atoms with Gasteiger partial charge in [0.15, 0.2) is 0 Å². The van der Waals surface area contributed by atoms with Crippen molar-refractivity contribution in [2.24, 2.45) is 5.92 Å². The van der Waals surface area contributed by atoms with Crippen molar-refractivity contribution < 1.29 is 19.4 Å². The third kappa shape index (κ3) is 4.87. The van der Waals surface area contributed by atoms with Crippen LogP contribution in [0.2, 0.25) is 0 Å². The fraction of sp³-hybridized carbons (Fsp3) is 0.519. The molecule has 1 saturated carbocycles. The van der Waals surface area contributed by atoms with Crippen LogP contribution < -0.4 is 14.8 Å². The molecule has 2 aromatic carbocycles. The number of rotatable bonds is 6. The first-order valence-corrected chi connectivity index (χ1v) is 11.9. The Labute approximate surface area is 196 Å². The summed E-state index contributed by atoms with van der Waals surface area (Å²) in [6, 6.07) is 11.7. The van der Waals surface area contributed by atoms with E-state index in [9.17, 15) is 9.90 Å². The number of carbonyl (C=O) groups is 1. The number of hydrogen-bond donors (Lipinski definition) is 2. The second-order valence-corrected chi connectivity index (χ2v) is 9.60. The summed E-state index contributed by atoms with van der Waals surface area (Å²) in [5.41, 5.74) is 3.32. The largest absolute Gasteiger partial charge is 0.497 e. The maximum absolute atomic E-state index is 13.1. The molecule has 2 N–H and O–H groups in total. The molecule has 6 heteroatoms. The highest BCUT2D eigenvalue weighted by Crippen LogP contribution is 2.51. The second kappa shape index (κ2) is 9.74. The first kappa shape index (κ1) is 23.6. The summed E-state index contributed by atoms with van der Waals surface area (Å²) in [5, 5.41) is 14.7. The third-order valence-electron chi connectivity index (χ3n) is 7.43. The lowest BCUT2D eigenvalue weighted by molar-refractivity contribution is -0.135. The van der Waals surface area contributed by atoms with E-state index < -0.39 is 5.60 Å². The molecular formula is C27H36N2O4. The van der Waals surface area contributed by atoms with Crippen LogP contribution >= 0.6 is 0 Å². The zero-order chi connectivity index (χ0) is 23.6. The molecule has 3 atom stereocenters. The van der Waals surface area contributed by atoms with Crippen LogP contribution in [0, 0.1) is 19.8 Å². The summed E-state index contributed by atoms with van der Waals surface area (Å²) in [6.07, 6.45) is 4.54. The molecule has 0 radical (unpaired) electrons. The maximum Gasteiger partial charge on any atom is 0.238 e. The minimum atomic E-state index is -0.711. The number of benzene rings is 2. The van der Waals surface area contributed by atoms with Crippen LogP contribution in [0.5, 0.6) is 11.5 Å². The predicted octanol–water partition coefficient (Wildman–Crippen LogP) is 4.63. The molecule has 2 aromatic rings. The summed E-state index contributed by atoms with van der Waals surface area (Å²) in [4.78, 5) is 15.3. The Morgan fingerprint density at radius 2 is 1.94 bits per heavy atom. The summed E-state index contributed by atoms with van der Waals surface area (Å²) < 4.78 is 11.2. The first-order chi connectivity index (χ1) is 15.8. The van der Waals surface area contributed by atoms with Gasteiger partial charge in [0, 0.05) is 29.8 Å². The van der Waals surface area contributed by atoms with Gasteiger partial charge in [-0.1, -0.05) is 30.5 Å². The minimum Gasteiger partial charge on any atom is -0.497 e. The Kier molecular flexibility index (Phi) is 6.96. The number of hydrogen-bond acceptors (Lipinski definition) is 5. The molecule has 1 heterocycles. The van der Waals surface area contributed by atoms with Crippen molar-refractivity contribution in [3.05, 3.63) is 53.1 Å². The van der Waals surface area contributed by atoms with Gasteiger partial charge in [0.25, 0.3) is 0 Å². The quantitative estimate of drug-likeness (QED) is 0.669. The number of aliphatic hydroxyl groups is 1. The van der Waals surface area contributed by atoms with Gasteiger partial charge in [-0.3, -0.25) is 9.69 Å². The number of methoxy groups -OCH3 is 2. The third-order valence-corrected chi connectivity index (χ3v) is 7.43. The average molecular weight is 453 g/mol. The molecular weight excluding hydrogens is 416 g/mol. The van der Waals surface area contributed by atoms with Crippen LogP contribution in [0.15, 0.2) is 36.4 Å². The number of piperidine rings is 1. The highest BCUT2D eigenvalue weighted by molar-refractivity contribution is 5.93. The van der Waals surface area contributed by atoms with Gasteiger partial charge in [0.2, 0.25) is 5.91 Å². The van der Waals surface area contributed by atoms with Gasteiger partial charge >= 0.3 is 0 Å². The summed E-state index contributed by atoms with van der Waals surface area (Å²) in [7, 11) is 3.32. The predicted molar refractivity (Wildman–Crippen MR) is 130 cm³/mol. The van der Waals surface area contributed by atoms with Gasteiger partial charge in [-0.05, 0) is 62.9 Å². The van der Waals surface area contributed by atoms with Crippen LogP contribution in [-0.4, -0.2) is 48.8 Å². The van der Waals surface area contributed by atoms with E-state index in [1.54, 1.807) is 14.2 Å². The first-order valence-electron chi connectivity index (χ1n) is 11.9. The van der Waals surface area contributed by atoms with E-state index in [4.69, 9.17) is 9.47 Å². The van der Waals surface area contributed by atoms with E-state index in [2.05, 4.69) is 16.3 Å². The molecule has 178 valence electrons. The molecule has 33 heavy (non-hydrogen) atoms. The van der Waals surface area contributed by atoms with Crippen LogP contribution in [0.25, 0.3) is 0 Å². The van der Waals surface area contributed by atoms with Crippen molar-refractivity contribution in [2.75, 3.05) is 32.6 Å². The minimum absolute atomic E-state index is 0.0370. The van der Waals surface area contributed by atoms with E-state index in [0.717, 1.165) is 54.0 Å². The fourth-order valence-electron chi connectivity index (χ4n) is 5.73. The number of anilines is 1. The fourth-order valence-corrected chi connectivity index (χ4v) is 5.73. The Morgan fingerprint density at radius 1 is 1.12 bits per heavy atom. The van der Waals surface area contributed by atoms with Crippen LogP contribution in [0.4, 0.5) is 5.69 Å². The van der Waals surface area contributed by atoms with Crippen molar-refractivity contribution in [3.63, 3.8) is 0 Å². The van der Waals surface area contributed by atoms with E-state index in [0.29, 0.717) is 13.0 Å². The molecule has 0 bridgehead atoms. The van der Waals surface area contributed by atoms with Crippen LogP contribution in [0.3, 0.4) is 0 Å². The average Bonchev–Trinajstić information content (AvgIpc) is 2.80. The lowest BCUT2D eigenvalue weighted by atomic mass is 9.66. The molecule has 2 aliphatic rings.